The van der Waals surface area contributed by atoms with E-state index in [4.69, 9.17) is 4.74 Å². The molecule has 0 fully saturated rings. The molecule has 30 heavy (non-hydrogen) atoms. The summed E-state index contributed by atoms with van der Waals surface area (Å²) in [6.07, 6.45) is 2.32. The second-order valence-electron chi connectivity index (χ2n) is 7.34. The van der Waals surface area contributed by atoms with Crippen molar-refractivity contribution in [1.29, 1.82) is 0 Å². The van der Waals surface area contributed by atoms with Crippen LogP contribution in [0.25, 0.3) is 0 Å². The van der Waals surface area contributed by atoms with E-state index >= 15 is 0 Å². The first-order valence-electron chi connectivity index (χ1n) is 10.3. The number of phenolic OH excluding ortho intramolecular Hbond substituents is 2. The molecule has 0 aliphatic rings. The van der Waals surface area contributed by atoms with Gasteiger partial charge in [0.1, 0.15) is 12.4 Å². The number of aliphatic hydroxyl groups is 1. The number of phenols is 2. The molecule has 0 aliphatic heterocycles. The van der Waals surface area contributed by atoms with Crippen molar-refractivity contribution in [2.75, 3.05) is 13.1 Å². The Kier molecular flexibility index (Phi) is 8.12. The van der Waals surface area contributed by atoms with Gasteiger partial charge in [0.15, 0.2) is 11.5 Å². The van der Waals surface area contributed by atoms with Crippen LogP contribution in [-0.2, 0) is 13.0 Å². The summed E-state index contributed by atoms with van der Waals surface area (Å²) >= 11 is 0. The molecule has 0 aliphatic carbocycles. The van der Waals surface area contributed by atoms with E-state index in [9.17, 15) is 15.3 Å². The normalized spacial score (nSPS) is 11.9. The summed E-state index contributed by atoms with van der Waals surface area (Å²) in [5.74, 6) is 0.469. The lowest BCUT2D eigenvalue weighted by molar-refractivity contribution is 0.174. The number of ether oxygens (including phenoxy) is 1. The van der Waals surface area contributed by atoms with Gasteiger partial charge >= 0.3 is 0 Å². The Morgan fingerprint density at radius 3 is 2.30 bits per heavy atom. The molecule has 0 spiro atoms. The minimum Gasteiger partial charge on any atom is -0.504 e. The zero-order valence-corrected chi connectivity index (χ0v) is 17.0. The van der Waals surface area contributed by atoms with Crippen molar-refractivity contribution >= 4 is 0 Å². The lowest BCUT2D eigenvalue weighted by Gasteiger charge is -2.13. The number of nitrogens with one attached hydrogen (secondary N) is 1. The van der Waals surface area contributed by atoms with Gasteiger partial charge in [-0.25, -0.2) is 0 Å². The zero-order chi connectivity index (χ0) is 21.2. The minimum atomic E-state index is -0.722. The van der Waals surface area contributed by atoms with Gasteiger partial charge in [0.05, 0.1) is 6.10 Å². The molecule has 0 saturated heterocycles. The van der Waals surface area contributed by atoms with Crippen LogP contribution in [0.2, 0.25) is 0 Å². The maximum absolute atomic E-state index is 10.1. The molecule has 3 rings (SSSR count). The van der Waals surface area contributed by atoms with Gasteiger partial charge in [0, 0.05) is 6.54 Å². The molecule has 0 unspecified atom stereocenters. The van der Waals surface area contributed by atoms with Crippen molar-refractivity contribution < 1.29 is 20.1 Å². The van der Waals surface area contributed by atoms with Gasteiger partial charge in [0.2, 0.25) is 0 Å². The molecular weight excluding hydrogens is 378 g/mol. The van der Waals surface area contributed by atoms with Gasteiger partial charge in [-0.2, -0.15) is 0 Å². The van der Waals surface area contributed by atoms with Gasteiger partial charge in [0.25, 0.3) is 0 Å². The number of aliphatic hydroxyl groups excluding tert-OH is 1. The molecule has 3 aromatic carbocycles. The highest BCUT2D eigenvalue weighted by Gasteiger charge is 2.09. The number of hydrogen-bond acceptors (Lipinski definition) is 5. The van der Waals surface area contributed by atoms with E-state index < -0.39 is 6.10 Å². The second-order valence-corrected chi connectivity index (χ2v) is 7.34. The van der Waals surface area contributed by atoms with Crippen LogP contribution < -0.4 is 10.1 Å². The van der Waals surface area contributed by atoms with E-state index in [-0.39, 0.29) is 11.5 Å². The molecular formula is C25H29NO4. The third-order valence-corrected chi connectivity index (χ3v) is 4.96. The molecule has 0 radical (unpaired) electrons. The standard InChI is InChI=1S/C25H29NO4/c27-23-14-11-21(16-24(23)28)25(29)17-26-15-5-4-6-19-9-12-22(13-10-19)30-18-20-7-2-1-3-8-20/h1-3,7-14,16,25-29H,4-6,15,17-18H2/t25-/m0/s1. The Bertz CT molecular complexity index is 897. The molecule has 3 aromatic rings. The largest absolute Gasteiger partial charge is 0.504 e. The Balaban J connectivity index is 1.30. The van der Waals surface area contributed by atoms with E-state index in [2.05, 4.69) is 29.6 Å². The summed E-state index contributed by atoms with van der Waals surface area (Å²) in [5.41, 5.74) is 3.01. The van der Waals surface area contributed by atoms with E-state index in [1.165, 1.54) is 17.7 Å². The van der Waals surface area contributed by atoms with Gasteiger partial charge in [-0.15, -0.1) is 0 Å². The third kappa shape index (κ3) is 6.79. The number of aryl methyl sites for hydroxylation is 1. The van der Waals surface area contributed by atoms with Crippen LogP contribution in [0.15, 0.2) is 72.8 Å². The van der Waals surface area contributed by atoms with Gasteiger partial charge in [-0.1, -0.05) is 48.5 Å². The van der Waals surface area contributed by atoms with E-state index in [0.29, 0.717) is 18.7 Å². The van der Waals surface area contributed by atoms with Crippen LogP contribution in [-0.4, -0.2) is 28.4 Å². The van der Waals surface area contributed by atoms with Gasteiger partial charge in [-0.3, -0.25) is 0 Å². The molecule has 0 amide bonds. The molecule has 0 heterocycles. The fourth-order valence-electron chi connectivity index (χ4n) is 3.18. The summed E-state index contributed by atoms with van der Waals surface area (Å²) in [4.78, 5) is 0. The van der Waals surface area contributed by atoms with Crippen molar-refractivity contribution in [2.24, 2.45) is 0 Å². The summed E-state index contributed by atoms with van der Waals surface area (Å²) in [5, 5.41) is 32.2. The first kappa shape index (κ1) is 21.7. The Labute approximate surface area is 177 Å². The van der Waals surface area contributed by atoms with Crippen LogP contribution in [0.5, 0.6) is 17.2 Å². The highest BCUT2D eigenvalue weighted by atomic mass is 16.5. The maximum atomic E-state index is 10.1. The lowest BCUT2D eigenvalue weighted by Crippen LogP contribution is -2.22. The molecule has 158 valence electrons. The molecule has 0 bridgehead atoms. The highest BCUT2D eigenvalue weighted by molar-refractivity contribution is 5.41. The van der Waals surface area contributed by atoms with Crippen LogP contribution in [0.4, 0.5) is 0 Å². The van der Waals surface area contributed by atoms with Crippen molar-refractivity contribution in [3.8, 4) is 17.2 Å². The predicted octanol–water partition coefficient (Wildman–Crippen LogP) is 4.32. The van der Waals surface area contributed by atoms with Crippen molar-refractivity contribution in [2.45, 2.75) is 32.0 Å². The molecule has 0 saturated carbocycles. The number of benzene rings is 3. The number of aromatic hydroxyl groups is 2. The van der Waals surface area contributed by atoms with Gasteiger partial charge < -0.3 is 25.4 Å². The number of hydrogen-bond donors (Lipinski definition) is 4. The van der Waals surface area contributed by atoms with Crippen LogP contribution in [0, 0.1) is 0 Å². The monoisotopic (exact) mass is 407 g/mol. The summed E-state index contributed by atoms with van der Waals surface area (Å²) in [6.45, 7) is 1.78. The smallest absolute Gasteiger partial charge is 0.157 e. The van der Waals surface area contributed by atoms with E-state index in [0.717, 1.165) is 37.1 Å². The van der Waals surface area contributed by atoms with Crippen molar-refractivity contribution in [1.82, 2.24) is 5.32 Å². The number of unbranched alkanes of at least 4 members (excludes halogenated alkanes) is 1. The van der Waals surface area contributed by atoms with Crippen molar-refractivity contribution in [3.63, 3.8) is 0 Å². The first-order chi connectivity index (χ1) is 14.6. The third-order valence-electron chi connectivity index (χ3n) is 4.96. The lowest BCUT2D eigenvalue weighted by atomic mass is 10.1. The Hall–Kier alpha value is -3.02. The Morgan fingerprint density at radius 2 is 1.57 bits per heavy atom. The molecule has 1 atom stereocenters. The van der Waals surface area contributed by atoms with Crippen LogP contribution >= 0.6 is 0 Å². The van der Waals surface area contributed by atoms with Crippen LogP contribution in [0.3, 0.4) is 0 Å². The van der Waals surface area contributed by atoms with E-state index in [1.54, 1.807) is 6.07 Å². The average molecular weight is 408 g/mol. The summed E-state index contributed by atoms with van der Waals surface area (Å²) < 4.78 is 5.81. The minimum absolute atomic E-state index is 0.185. The molecule has 4 N–H and O–H groups in total. The quantitative estimate of drug-likeness (QED) is 0.281. The van der Waals surface area contributed by atoms with Gasteiger partial charge in [-0.05, 0) is 66.8 Å². The van der Waals surface area contributed by atoms with Crippen LogP contribution in [0.1, 0.15) is 35.6 Å². The fourth-order valence-corrected chi connectivity index (χ4v) is 3.18. The Morgan fingerprint density at radius 1 is 0.800 bits per heavy atom. The highest BCUT2D eigenvalue weighted by Crippen LogP contribution is 2.27. The zero-order valence-electron chi connectivity index (χ0n) is 17.0. The second kappa shape index (κ2) is 11.2. The fraction of sp³-hybridized carbons (Fsp3) is 0.280. The van der Waals surface area contributed by atoms with E-state index in [1.807, 2.05) is 30.3 Å². The maximum Gasteiger partial charge on any atom is 0.157 e. The molecule has 5 nitrogen and oxygen atoms in total. The predicted molar refractivity (Wildman–Crippen MR) is 118 cm³/mol. The summed E-state index contributed by atoms with van der Waals surface area (Å²) in [6, 6.07) is 22.7. The average Bonchev–Trinajstić information content (AvgIpc) is 2.78. The molecule has 5 heteroatoms. The number of rotatable bonds is 11. The topological polar surface area (TPSA) is 82.0 Å². The first-order valence-corrected chi connectivity index (χ1v) is 10.3. The summed E-state index contributed by atoms with van der Waals surface area (Å²) in [7, 11) is 0. The SMILES string of the molecule is Oc1ccc([C@@H](O)CNCCCCc2ccc(OCc3ccccc3)cc2)cc1O. The molecule has 0 aromatic heterocycles. The van der Waals surface area contributed by atoms with Crippen molar-refractivity contribution in [3.05, 3.63) is 89.5 Å².